The number of fused-ring (bicyclic) bond motifs is 1. The van der Waals surface area contributed by atoms with E-state index in [1.165, 1.54) is 36.4 Å². The van der Waals surface area contributed by atoms with Gasteiger partial charge in [-0.15, -0.1) is 0 Å². The second kappa shape index (κ2) is 5.95. The molecule has 0 unspecified atom stereocenters. The zero-order valence-electron chi connectivity index (χ0n) is 14.0. The van der Waals surface area contributed by atoms with Gasteiger partial charge in [0.1, 0.15) is 28.7 Å². The highest BCUT2D eigenvalue weighted by Gasteiger charge is 2.44. The second-order valence-corrected chi connectivity index (χ2v) is 6.62. The van der Waals surface area contributed by atoms with Crippen molar-refractivity contribution in [1.29, 1.82) is 0 Å². The summed E-state index contributed by atoms with van der Waals surface area (Å²) in [4.78, 5) is 13.1. The van der Waals surface area contributed by atoms with Gasteiger partial charge in [0, 0.05) is 29.2 Å². The number of hydrogen-bond donors (Lipinski definition) is 5. The molecule has 0 heterocycles. The number of carbonyl (C=O) groups excluding carboxylic acids is 1. The van der Waals surface area contributed by atoms with E-state index < -0.39 is 11.8 Å². The summed E-state index contributed by atoms with van der Waals surface area (Å²) in [6.07, 6.45) is 0. The molecular weight excluding hydrogens is 348 g/mol. The first-order chi connectivity index (χ1) is 12.8. The Balaban J connectivity index is 1.98. The first-order valence-electron chi connectivity index (χ1n) is 8.27. The minimum absolute atomic E-state index is 0.0498. The Hall–Kier alpha value is -3.67. The lowest BCUT2D eigenvalue weighted by molar-refractivity contribution is 0.0967. The Labute approximate surface area is 154 Å². The number of aromatic hydroxyl groups is 5. The number of ketones is 1. The van der Waals surface area contributed by atoms with Gasteiger partial charge < -0.3 is 25.5 Å². The third-order valence-corrected chi connectivity index (χ3v) is 4.87. The van der Waals surface area contributed by atoms with Gasteiger partial charge in [-0.05, 0) is 41.5 Å². The summed E-state index contributed by atoms with van der Waals surface area (Å²) in [6, 6.07) is 12.6. The van der Waals surface area contributed by atoms with Crippen LogP contribution in [0.5, 0.6) is 28.7 Å². The van der Waals surface area contributed by atoms with Crippen LogP contribution in [0.3, 0.4) is 0 Å². The van der Waals surface area contributed by atoms with E-state index in [0.717, 1.165) is 6.07 Å². The topological polar surface area (TPSA) is 118 Å². The lowest BCUT2D eigenvalue weighted by Crippen LogP contribution is -2.13. The highest BCUT2D eigenvalue weighted by Crippen LogP contribution is 2.52. The maximum absolute atomic E-state index is 13.1. The van der Waals surface area contributed by atoms with Crippen molar-refractivity contribution in [2.75, 3.05) is 0 Å². The molecule has 1 aliphatic rings. The minimum atomic E-state index is -0.755. The summed E-state index contributed by atoms with van der Waals surface area (Å²) in [7, 11) is 0. The van der Waals surface area contributed by atoms with E-state index in [2.05, 4.69) is 0 Å². The standard InChI is InChI=1S/C21H16O6/c22-12-3-1-10(2-4-12)19-18(11-5-13(23)7-14(24)6-11)20-16(21(19)27)8-15(25)9-17(20)26/h1-9,18-19,22-26H/t18-,19+/m1/s1. The summed E-state index contributed by atoms with van der Waals surface area (Å²) in [5, 5.41) is 49.6. The van der Waals surface area contributed by atoms with Gasteiger partial charge in [0.05, 0.1) is 5.92 Å². The molecule has 0 aromatic heterocycles. The van der Waals surface area contributed by atoms with Gasteiger partial charge in [-0.1, -0.05) is 12.1 Å². The smallest absolute Gasteiger partial charge is 0.171 e. The molecule has 2 atom stereocenters. The van der Waals surface area contributed by atoms with Crippen LogP contribution in [0.4, 0.5) is 0 Å². The van der Waals surface area contributed by atoms with Crippen LogP contribution in [0.2, 0.25) is 0 Å². The molecule has 0 radical (unpaired) electrons. The van der Waals surface area contributed by atoms with E-state index in [-0.39, 0.29) is 40.1 Å². The number of rotatable bonds is 2. The van der Waals surface area contributed by atoms with Gasteiger partial charge >= 0.3 is 0 Å². The lowest BCUT2D eigenvalue weighted by atomic mass is 9.81. The minimum Gasteiger partial charge on any atom is -0.508 e. The molecule has 6 heteroatoms. The lowest BCUT2D eigenvalue weighted by Gasteiger charge is -2.21. The van der Waals surface area contributed by atoms with Crippen LogP contribution in [-0.2, 0) is 0 Å². The highest BCUT2D eigenvalue weighted by atomic mass is 16.3. The molecule has 0 amide bonds. The van der Waals surface area contributed by atoms with E-state index in [4.69, 9.17) is 0 Å². The average Bonchev–Trinajstić information content (AvgIpc) is 2.88. The molecule has 0 bridgehead atoms. The summed E-state index contributed by atoms with van der Waals surface area (Å²) in [5.74, 6) is -2.52. The molecule has 0 spiro atoms. The molecule has 6 nitrogen and oxygen atoms in total. The molecule has 27 heavy (non-hydrogen) atoms. The molecule has 0 saturated carbocycles. The van der Waals surface area contributed by atoms with E-state index in [1.54, 1.807) is 12.1 Å². The quantitative estimate of drug-likeness (QED) is 0.476. The maximum Gasteiger partial charge on any atom is 0.171 e. The predicted molar refractivity (Wildman–Crippen MR) is 96.6 cm³/mol. The third-order valence-electron chi connectivity index (χ3n) is 4.87. The summed E-state index contributed by atoms with van der Waals surface area (Å²) < 4.78 is 0. The van der Waals surface area contributed by atoms with Crippen molar-refractivity contribution in [1.82, 2.24) is 0 Å². The number of hydrogen-bond acceptors (Lipinski definition) is 6. The van der Waals surface area contributed by atoms with Crippen LogP contribution in [-0.4, -0.2) is 31.3 Å². The summed E-state index contributed by atoms with van der Waals surface area (Å²) in [6.45, 7) is 0. The van der Waals surface area contributed by atoms with Crippen LogP contribution in [0.15, 0.2) is 54.6 Å². The highest BCUT2D eigenvalue weighted by molar-refractivity contribution is 6.08. The summed E-state index contributed by atoms with van der Waals surface area (Å²) >= 11 is 0. The van der Waals surface area contributed by atoms with Gasteiger partial charge in [0.2, 0.25) is 0 Å². The molecule has 3 aromatic rings. The van der Waals surface area contributed by atoms with Gasteiger partial charge in [-0.2, -0.15) is 0 Å². The van der Waals surface area contributed by atoms with Gasteiger partial charge in [-0.3, -0.25) is 4.79 Å². The first kappa shape index (κ1) is 16.8. The van der Waals surface area contributed by atoms with Crippen molar-refractivity contribution in [2.24, 2.45) is 0 Å². The van der Waals surface area contributed by atoms with Crippen LogP contribution in [0, 0.1) is 0 Å². The van der Waals surface area contributed by atoms with E-state index in [9.17, 15) is 30.3 Å². The molecule has 0 aliphatic heterocycles. The zero-order chi connectivity index (χ0) is 19.3. The molecule has 0 fully saturated rings. The van der Waals surface area contributed by atoms with Crippen molar-refractivity contribution >= 4 is 5.78 Å². The van der Waals surface area contributed by atoms with Crippen LogP contribution in [0.1, 0.15) is 38.9 Å². The molecule has 4 rings (SSSR count). The first-order valence-corrected chi connectivity index (χ1v) is 8.27. The Morgan fingerprint density at radius 2 is 1.19 bits per heavy atom. The Bertz CT molecular complexity index is 1030. The van der Waals surface area contributed by atoms with E-state index >= 15 is 0 Å². The molecule has 1 aliphatic carbocycles. The molecule has 5 N–H and O–H groups in total. The molecule has 3 aromatic carbocycles. The molecular formula is C21H16O6. The van der Waals surface area contributed by atoms with Crippen molar-refractivity contribution in [3.05, 3.63) is 76.9 Å². The SMILES string of the molecule is O=C1c2cc(O)cc(O)c2[C@H](c2cc(O)cc(O)c2)[C@@H]1c1ccc(O)cc1. The average molecular weight is 364 g/mol. The normalized spacial score (nSPS) is 18.4. The number of Topliss-reactive ketones (excluding diaryl/α,β-unsaturated/α-hetero) is 1. The van der Waals surface area contributed by atoms with Crippen molar-refractivity contribution in [3.8, 4) is 28.7 Å². The third kappa shape index (κ3) is 2.71. The summed E-state index contributed by atoms with van der Waals surface area (Å²) in [5.41, 5.74) is 1.54. The molecule has 136 valence electrons. The number of phenols is 5. The van der Waals surface area contributed by atoms with E-state index in [1.807, 2.05) is 0 Å². The predicted octanol–water partition coefficient (Wildman–Crippen LogP) is 3.33. The second-order valence-electron chi connectivity index (χ2n) is 6.62. The Kier molecular flexibility index (Phi) is 3.70. The Morgan fingerprint density at radius 3 is 1.81 bits per heavy atom. The zero-order valence-corrected chi connectivity index (χ0v) is 14.0. The fourth-order valence-corrected chi connectivity index (χ4v) is 3.82. The number of phenolic OH excluding ortho intramolecular Hbond substituents is 5. The molecule has 0 saturated heterocycles. The maximum atomic E-state index is 13.1. The number of benzene rings is 3. The van der Waals surface area contributed by atoms with Gasteiger partial charge in [0.15, 0.2) is 5.78 Å². The van der Waals surface area contributed by atoms with Crippen LogP contribution in [0.25, 0.3) is 0 Å². The van der Waals surface area contributed by atoms with Crippen LogP contribution >= 0.6 is 0 Å². The Morgan fingerprint density at radius 1 is 0.593 bits per heavy atom. The monoisotopic (exact) mass is 364 g/mol. The van der Waals surface area contributed by atoms with Crippen LogP contribution < -0.4 is 0 Å². The van der Waals surface area contributed by atoms with Crippen molar-refractivity contribution < 1.29 is 30.3 Å². The van der Waals surface area contributed by atoms with Gasteiger partial charge in [-0.25, -0.2) is 0 Å². The van der Waals surface area contributed by atoms with E-state index in [0.29, 0.717) is 16.7 Å². The fraction of sp³-hybridized carbons (Fsp3) is 0.0952. The van der Waals surface area contributed by atoms with Gasteiger partial charge in [0.25, 0.3) is 0 Å². The van der Waals surface area contributed by atoms with Crippen molar-refractivity contribution in [3.63, 3.8) is 0 Å². The fourth-order valence-electron chi connectivity index (χ4n) is 3.82. The number of carbonyl (C=O) groups is 1. The van der Waals surface area contributed by atoms with Crippen molar-refractivity contribution in [2.45, 2.75) is 11.8 Å². The largest absolute Gasteiger partial charge is 0.508 e.